The van der Waals surface area contributed by atoms with E-state index >= 15 is 0 Å². The van der Waals surface area contributed by atoms with Gasteiger partial charge in [-0.1, -0.05) is 30.3 Å². The van der Waals surface area contributed by atoms with E-state index in [1.807, 2.05) is 50.2 Å². The number of pyridine rings is 1. The minimum Gasteiger partial charge on any atom is -0.382 e. The third kappa shape index (κ3) is 3.40. The number of rotatable bonds is 4. The molecule has 0 amide bonds. The Kier molecular flexibility index (Phi) is 4.98. The molecule has 2 aromatic carbocycles. The molecule has 0 bridgehead atoms. The van der Waals surface area contributed by atoms with Crippen LogP contribution in [0.15, 0.2) is 54.9 Å². The molecule has 7 heteroatoms. The third-order valence-corrected chi connectivity index (χ3v) is 5.05. The van der Waals surface area contributed by atoms with Crippen LogP contribution in [-0.2, 0) is 0 Å². The Morgan fingerprint density at radius 3 is 2.63 bits per heavy atom. The quantitative estimate of drug-likeness (QED) is 0.514. The van der Waals surface area contributed by atoms with Gasteiger partial charge in [-0.2, -0.15) is 5.26 Å². The number of anilines is 2. The highest BCUT2D eigenvalue weighted by Gasteiger charge is 2.21. The monoisotopic (exact) mass is 398 g/mol. The predicted molar refractivity (Wildman–Crippen MR) is 115 cm³/mol. The SMILES string of the molecule is Cc1c(-c2ccccc2)c(C(C)Nc2ncnc(N)c2C#N)nc2ccc(F)cc12. The van der Waals surface area contributed by atoms with Crippen LogP contribution in [0.1, 0.15) is 29.8 Å². The molecule has 6 nitrogen and oxygen atoms in total. The van der Waals surface area contributed by atoms with Crippen molar-refractivity contribution < 1.29 is 4.39 Å². The fourth-order valence-corrected chi connectivity index (χ4v) is 3.59. The van der Waals surface area contributed by atoms with Crippen molar-refractivity contribution in [3.8, 4) is 17.2 Å². The molecule has 0 saturated heterocycles. The van der Waals surface area contributed by atoms with Crippen LogP contribution in [0, 0.1) is 24.1 Å². The lowest BCUT2D eigenvalue weighted by atomic mass is 9.93. The first kappa shape index (κ1) is 19.3. The molecule has 0 fully saturated rings. The maximum Gasteiger partial charge on any atom is 0.150 e. The number of nitrogens with zero attached hydrogens (tertiary/aromatic N) is 4. The van der Waals surface area contributed by atoms with Gasteiger partial charge in [0.15, 0.2) is 0 Å². The fraction of sp³-hybridized carbons (Fsp3) is 0.130. The molecule has 4 aromatic rings. The summed E-state index contributed by atoms with van der Waals surface area (Å²) in [5.74, 6) is 0.152. The normalized spacial score (nSPS) is 11.8. The summed E-state index contributed by atoms with van der Waals surface area (Å²) in [6, 6.07) is 16.1. The van der Waals surface area contributed by atoms with E-state index in [2.05, 4.69) is 15.3 Å². The van der Waals surface area contributed by atoms with Crippen molar-refractivity contribution in [1.82, 2.24) is 15.0 Å². The second kappa shape index (κ2) is 7.76. The Hall–Kier alpha value is -4.05. The first-order valence-corrected chi connectivity index (χ1v) is 9.42. The van der Waals surface area contributed by atoms with Crippen molar-refractivity contribution >= 4 is 22.5 Å². The molecule has 3 N–H and O–H groups in total. The average Bonchev–Trinajstić information content (AvgIpc) is 2.75. The molecule has 0 aliphatic carbocycles. The molecule has 1 atom stereocenters. The van der Waals surface area contributed by atoms with Gasteiger partial charge in [0.2, 0.25) is 0 Å². The van der Waals surface area contributed by atoms with Gasteiger partial charge in [-0.25, -0.2) is 19.3 Å². The van der Waals surface area contributed by atoms with Gasteiger partial charge in [0.05, 0.1) is 17.3 Å². The fourth-order valence-electron chi connectivity index (χ4n) is 3.59. The molecule has 0 radical (unpaired) electrons. The zero-order chi connectivity index (χ0) is 21.3. The van der Waals surface area contributed by atoms with E-state index < -0.39 is 0 Å². The van der Waals surface area contributed by atoms with Gasteiger partial charge < -0.3 is 11.1 Å². The minimum atomic E-state index is -0.310. The number of nitrogens with two attached hydrogens (primary N) is 1. The topological polar surface area (TPSA) is 101 Å². The number of aromatic nitrogens is 3. The summed E-state index contributed by atoms with van der Waals surface area (Å²) in [5, 5.41) is 13.4. The van der Waals surface area contributed by atoms with Gasteiger partial charge in [-0.3, -0.25) is 0 Å². The van der Waals surface area contributed by atoms with Crippen LogP contribution >= 0.6 is 0 Å². The van der Waals surface area contributed by atoms with Crippen LogP contribution in [0.4, 0.5) is 16.0 Å². The number of halogens is 1. The summed E-state index contributed by atoms with van der Waals surface area (Å²) >= 11 is 0. The summed E-state index contributed by atoms with van der Waals surface area (Å²) < 4.78 is 13.9. The van der Waals surface area contributed by atoms with Crippen LogP contribution in [-0.4, -0.2) is 15.0 Å². The number of aryl methyl sites for hydroxylation is 1. The summed E-state index contributed by atoms with van der Waals surface area (Å²) in [7, 11) is 0. The number of nitrogen functional groups attached to an aromatic ring is 1. The molecule has 2 aromatic heterocycles. The molecule has 0 spiro atoms. The number of hydrogen-bond donors (Lipinski definition) is 2. The van der Waals surface area contributed by atoms with Crippen molar-refractivity contribution in [2.45, 2.75) is 19.9 Å². The van der Waals surface area contributed by atoms with E-state index in [1.165, 1.54) is 18.5 Å². The molecule has 148 valence electrons. The van der Waals surface area contributed by atoms with Crippen molar-refractivity contribution in [3.63, 3.8) is 0 Å². The molecule has 0 aliphatic heterocycles. The first-order valence-electron chi connectivity index (χ1n) is 9.42. The smallest absolute Gasteiger partial charge is 0.150 e. The molecule has 0 saturated carbocycles. The maximum absolute atomic E-state index is 13.9. The summed E-state index contributed by atoms with van der Waals surface area (Å²) in [6.45, 7) is 3.90. The van der Waals surface area contributed by atoms with Crippen molar-refractivity contribution in [3.05, 3.63) is 77.5 Å². The molecular formula is C23H19FN6. The highest BCUT2D eigenvalue weighted by molar-refractivity contribution is 5.90. The van der Waals surface area contributed by atoms with Gasteiger partial charge in [-0.15, -0.1) is 0 Å². The lowest BCUT2D eigenvalue weighted by molar-refractivity contribution is 0.629. The molecule has 30 heavy (non-hydrogen) atoms. The van der Waals surface area contributed by atoms with Crippen molar-refractivity contribution in [2.24, 2.45) is 0 Å². The standard InChI is InChI=1S/C23H19FN6/c1-13-17-10-16(24)8-9-19(17)30-21(20(13)15-6-4-3-5-7-15)14(2)29-23-18(11-25)22(26)27-12-28-23/h3-10,12,14H,1-2H3,(H3,26,27,28,29). The van der Waals surface area contributed by atoms with E-state index in [0.29, 0.717) is 11.3 Å². The van der Waals surface area contributed by atoms with E-state index in [0.717, 1.165) is 27.8 Å². The van der Waals surface area contributed by atoms with E-state index in [9.17, 15) is 9.65 Å². The van der Waals surface area contributed by atoms with Crippen LogP contribution in [0.5, 0.6) is 0 Å². The van der Waals surface area contributed by atoms with Crippen LogP contribution < -0.4 is 11.1 Å². The number of hydrogen-bond acceptors (Lipinski definition) is 6. The Morgan fingerprint density at radius 2 is 1.90 bits per heavy atom. The van der Waals surface area contributed by atoms with Gasteiger partial charge in [0.25, 0.3) is 0 Å². The van der Waals surface area contributed by atoms with Gasteiger partial charge in [0.1, 0.15) is 35.4 Å². The largest absolute Gasteiger partial charge is 0.382 e. The van der Waals surface area contributed by atoms with E-state index in [1.54, 1.807) is 6.07 Å². The zero-order valence-electron chi connectivity index (χ0n) is 16.5. The predicted octanol–water partition coefficient (Wildman–Crippen LogP) is 4.77. The van der Waals surface area contributed by atoms with Crippen molar-refractivity contribution in [2.75, 3.05) is 11.1 Å². The average molecular weight is 398 g/mol. The lowest BCUT2D eigenvalue weighted by Gasteiger charge is -2.21. The van der Waals surface area contributed by atoms with Crippen LogP contribution in [0.25, 0.3) is 22.0 Å². The highest BCUT2D eigenvalue weighted by atomic mass is 19.1. The molecular weight excluding hydrogens is 379 g/mol. The number of nitrogens with one attached hydrogen (secondary N) is 1. The number of benzene rings is 2. The molecule has 2 heterocycles. The maximum atomic E-state index is 13.9. The third-order valence-electron chi connectivity index (χ3n) is 5.05. The number of fused-ring (bicyclic) bond motifs is 1. The van der Waals surface area contributed by atoms with Crippen molar-refractivity contribution in [1.29, 1.82) is 5.26 Å². The second-order valence-corrected chi connectivity index (χ2v) is 6.98. The van der Waals surface area contributed by atoms with E-state index in [4.69, 9.17) is 10.7 Å². The Bertz CT molecular complexity index is 1280. The minimum absolute atomic E-state index is 0.114. The molecule has 0 aliphatic rings. The van der Waals surface area contributed by atoms with Gasteiger partial charge in [-0.05, 0) is 43.2 Å². The Balaban J connectivity index is 1.90. The van der Waals surface area contributed by atoms with E-state index in [-0.39, 0.29) is 23.2 Å². The molecule has 4 rings (SSSR count). The number of nitriles is 1. The van der Waals surface area contributed by atoms with Gasteiger partial charge in [0, 0.05) is 10.9 Å². The zero-order valence-corrected chi connectivity index (χ0v) is 16.5. The summed E-state index contributed by atoms with van der Waals surface area (Å²) in [6.07, 6.45) is 1.31. The Labute approximate surface area is 173 Å². The van der Waals surface area contributed by atoms with Gasteiger partial charge >= 0.3 is 0 Å². The second-order valence-electron chi connectivity index (χ2n) is 6.98. The van der Waals surface area contributed by atoms with Crippen LogP contribution in [0.2, 0.25) is 0 Å². The van der Waals surface area contributed by atoms with Crippen LogP contribution in [0.3, 0.4) is 0 Å². The molecule has 1 unspecified atom stereocenters. The summed E-state index contributed by atoms with van der Waals surface area (Å²) in [4.78, 5) is 12.9. The lowest BCUT2D eigenvalue weighted by Crippen LogP contribution is -2.14. The first-order chi connectivity index (χ1) is 14.5. The Morgan fingerprint density at radius 1 is 1.13 bits per heavy atom. The summed E-state index contributed by atoms with van der Waals surface area (Å²) in [5.41, 5.74) is 10.3. The highest BCUT2D eigenvalue weighted by Crippen LogP contribution is 2.36.